The first-order valence-electron chi connectivity index (χ1n) is 16.6. The molecule has 1 unspecified atom stereocenters. The lowest BCUT2D eigenvalue weighted by Crippen LogP contribution is -2.69. The van der Waals surface area contributed by atoms with E-state index >= 15 is 0 Å². The Morgan fingerprint density at radius 1 is 0.611 bits per heavy atom. The van der Waals surface area contributed by atoms with E-state index in [1.165, 1.54) is 6.92 Å². The summed E-state index contributed by atoms with van der Waals surface area (Å²) in [6.45, 7) is 0.707. The van der Waals surface area contributed by atoms with Crippen LogP contribution in [-0.2, 0) is 57.3 Å². The fourth-order valence-electron chi connectivity index (χ4n) is 6.31. The van der Waals surface area contributed by atoms with Crippen LogP contribution in [0.2, 0.25) is 0 Å². The van der Waals surface area contributed by atoms with E-state index in [1.807, 2.05) is 0 Å². The summed E-state index contributed by atoms with van der Waals surface area (Å²) >= 11 is 0. The number of rotatable bonds is 13. The second-order valence-corrected chi connectivity index (χ2v) is 14.3. The molecule has 2 amide bonds. The summed E-state index contributed by atoms with van der Waals surface area (Å²) in [4.78, 5) is 24.0. The van der Waals surface area contributed by atoms with E-state index in [4.69, 9.17) is 37.7 Å². The molecule has 13 N–H and O–H groups in total. The lowest BCUT2D eigenvalue weighted by molar-refractivity contribution is -0.381. The Kier molecular flexibility index (Phi) is 15.4. The van der Waals surface area contributed by atoms with Crippen molar-refractivity contribution >= 4 is 22.2 Å². The molecule has 0 aromatic rings. The molecule has 0 aromatic heterocycles. The molecule has 0 aromatic carbocycles. The number of carbonyl (C=O) groups excluding carboxylic acids is 2. The third-order valence-corrected chi connectivity index (χ3v) is 9.59. The van der Waals surface area contributed by atoms with Gasteiger partial charge in [-0.15, -0.1) is 0 Å². The highest BCUT2D eigenvalue weighted by Gasteiger charge is 2.54. The van der Waals surface area contributed by atoms with E-state index in [0.717, 1.165) is 13.8 Å². The summed E-state index contributed by atoms with van der Waals surface area (Å²) in [5, 5.41) is 111. The van der Waals surface area contributed by atoms with Gasteiger partial charge in [0.2, 0.25) is 11.8 Å². The summed E-state index contributed by atoms with van der Waals surface area (Å²) < 4.78 is 74.7. The summed E-state index contributed by atoms with van der Waals surface area (Å²) in [5.41, 5.74) is 0. The van der Waals surface area contributed by atoms with Crippen molar-refractivity contribution in [1.82, 2.24) is 10.6 Å². The number of aliphatic hydroxyl groups is 10. The van der Waals surface area contributed by atoms with E-state index in [2.05, 4.69) is 14.8 Å². The molecule has 4 aliphatic heterocycles. The van der Waals surface area contributed by atoms with Crippen LogP contribution >= 0.6 is 0 Å². The number of ether oxygens (including phenoxy) is 7. The highest BCUT2D eigenvalue weighted by Crippen LogP contribution is 2.33. The molecule has 4 aliphatic rings. The molecule has 20 atom stereocenters. The van der Waals surface area contributed by atoms with Gasteiger partial charge in [0.05, 0.1) is 25.9 Å². The Morgan fingerprint density at radius 2 is 1.17 bits per heavy atom. The van der Waals surface area contributed by atoms with Gasteiger partial charge in [0, 0.05) is 13.8 Å². The maximum atomic E-state index is 12.1. The van der Waals surface area contributed by atoms with Crippen LogP contribution < -0.4 is 10.6 Å². The minimum atomic E-state index is -5.03. The largest absolute Gasteiger partial charge is 0.397 e. The first-order chi connectivity index (χ1) is 25.1. The predicted octanol–water partition coefficient (Wildman–Crippen LogP) is -8.61. The first kappa shape index (κ1) is 44.8. The lowest BCUT2D eigenvalue weighted by atomic mass is 9.95. The minimum Gasteiger partial charge on any atom is -0.394 e. The second kappa shape index (κ2) is 18.6. The van der Waals surface area contributed by atoms with Gasteiger partial charge in [0.25, 0.3) is 0 Å². The van der Waals surface area contributed by atoms with Crippen LogP contribution in [0.25, 0.3) is 0 Å². The molecule has 54 heavy (non-hydrogen) atoms. The third-order valence-electron chi connectivity index (χ3n) is 9.16. The quantitative estimate of drug-likeness (QED) is 0.0768. The number of amides is 2. The van der Waals surface area contributed by atoms with Crippen molar-refractivity contribution < 1.29 is 111 Å². The zero-order valence-corrected chi connectivity index (χ0v) is 29.7. The highest BCUT2D eigenvalue weighted by atomic mass is 32.3. The molecular formula is C28H48N2O23S. The number of carbonyl (C=O) groups is 2. The fraction of sp³-hybridized carbons (Fsp3) is 0.929. The van der Waals surface area contributed by atoms with E-state index < -0.39 is 165 Å². The van der Waals surface area contributed by atoms with Crippen LogP contribution in [0.4, 0.5) is 0 Å². The molecule has 26 heteroatoms. The average molecular weight is 813 g/mol. The molecular weight excluding hydrogens is 764 g/mol. The van der Waals surface area contributed by atoms with Crippen LogP contribution in [-0.4, -0.2) is 218 Å². The molecule has 4 heterocycles. The zero-order valence-electron chi connectivity index (χ0n) is 28.9. The Morgan fingerprint density at radius 3 is 1.76 bits per heavy atom. The van der Waals surface area contributed by atoms with Crippen molar-refractivity contribution in [3.8, 4) is 0 Å². The molecule has 0 spiro atoms. The van der Waals surface area contributed by atoms with Gasteiger partial charge in [-0.1, -0.05) is 0 Å². The molecule has 0 bridgehead atoms. The van der Waals surface area contributed by atoms with E-state index in [9.17, 15) is 69.1 Å². The van der Waals surface area contributed by atoms with Crippen molar-refractivity contribution in [1.29, 1.82) is 0 Å². The molecule has 4 fully saturated rings. The monoisotopic (exact) mass is 812 g/mol. The first-order valence-corrected chi connectivity index (χ1v) is 18.0. The van der Waals surface area contributed by atoms with Crippen molar-refractivity contribution in [3.63, 3.8) is 0 Å². The summed E-state index contributed by atoms with van der Waals surface area (Å²) in [7, 11) is -5.03. The second-order valence-electron chi connectivity index (χ2n) is 13.2. The van der Waals surface area contributed by atoms with Gasteiger partial charge in [-0.2, -0.15) is 8.42 Å². The standard InChI is InChI=1S/C28H48N2O23S/c1-7-15(34)20(39)22(41)27(48-7)53-24-21(40)16(35)10(4-31)50-28(24)52-23-14(30-9(3)33)25(42)49-11(18(23)37)5-46-26-13(29-8(2)32)19(38)17(36)12(51-26)6-47-54(43,44)45/h7,10-28,31,34-42H,4-6H2,1-3H3,(H,29,32)(H,30,33)(H,43,44,45)/t7-,10+,11+,12+,13+,14+,15+,16-,17+,18-,19+,20+,21-,22-,23+,24+,25?,26+,27-,28-/m0/s1. The van der Waals surface area contributed by atoms with Gasteiger partial charge < -0.3 is 94.9 Å². The van der Waals surface area contributed by atoms with Crippen LogP contribution in [0, 0.1) is 0 Å². The van der Waals surface area contributed by atoms with E-state index in [1.54, 1.807) is 0 Å². The van der Waals surface area contributed by atoms with Gasteiger partial charge in [0.1, 0.15) is 91.4 Å². The maximum Gasteiger partial charge on any atom is 0.397 e. The van der Waals surface area contributed by atoms with Gasteiger partial charge in [0.15, 0.2) is 25.2 Å². The molecule has 4 rings (SSSR count). The Labute approximate surface area is 307 Å². The smallest absolute Gasteiger partial charge is 0.394 e. The van der Waals surface area contributed by atoms with Gasteiger partial charge >= 0.3 is 10.4 Å². The predicted molar refractivity (Wildman–Crippen MR) is 166 cm³/mol. The molecule has 314 valence electrons. The van der Waals surface area contributed by atoms with E-state index in [0.29, 0.717) is 0 Å². The number of aliphatic hydroxyl groups excluding tert-OH is 10. The Balaban J connectivity index is 1.59. The molecule has 25 nitrogen and oxygen atoms in total. The lowest BCUT2D eigenvalue weighted by Gasteiger charge is -2.49. The van der Waals surface area contributed by atoms with Crippen molar-refractivity contribution in [2.75, 3.05) is 19.8 Å². The Bertz CT molecular complexity index is 1360. The van der Waals surface area contributed by atoms with Crippen LogP contribution in [0.3, 0.4) is 0 Å². The molecule has 4 saturated heterocycles. The van der Waals surface area contributed by atoms with Crippen molar-refractivity contribution in [2.45, 2.75) is 143 Å². The third kappa shape index (κ3) is 10.5. The number of hydrogen-bond donors (Lipinski definition) is 13. The van der Waals surface area contributed by atoms with Crippen LogP contribution in [0.15, 0.2) is 0 Å². The number of nitrogens with one attached hydrogen (secondary N) is 2. The van der Waals surface area contributed by atoms with Gasteiger partial charge in [-0.25, -0.2) is 4.18 Å². The maximum absolute atomic E-state index is 12.1. The van der Waals surface area contributed by atoms with Gasteiger partial charge in [-0.05, 0) is 6.92 Å². The van der Waals surface area contributed by atoms with Gasteiger partial charge in [-0.3, -0.25) is 14.1 Å². The molecule has 0 saturated carbocycles. The topological polar surface area (TPSA) is 389 Å². The zero-order chi connectivity index (χ0) is 40.4. The highest BCUT2D eigenvalue weighted by molar-refractivity contribution is 7.80. The van der Waals surface area contributed by atoms with Crippen molar-refractivity contribution in [3.05, 3.63) is 0 Å². The average Bonchev–Trinajstić information content (AvgIpc) is 3.09. The fourth-order valence-corrected chi connectivity index (χ4v) is 6.62. The van der Waals surface area contributed by atoms with E-state index in [-0.39, 0.29) is 0 Å². The molecule has 0 radical (unpaired) electrons. The minimum absolute atomic E-state index is 0.740. The Hall–Kier alpha value is -1.87. The summed E-state index contributed by atoms with van der Waals surface area (Å²) in [6, 6.07) is -3.17. The van der Waals surface area contributed by atoms with Crippen molar-refractivity contribution in [2.24, 2.45) is 0 Å². The SMILES string of the molecule is CC(=O)N[C@H]1[C@H](OC[C@H]2OC(O)[C@H](NC(C)=O)[C@@H](O[C@@H]3O[C@H](CO)[C@H](O)[C@H](O)[C@H]3O[C@@H]3O[C@@H](C)[C@@H](O)[C@@H](O)[C@@H]3O)[C@H]2O)O[C@H](COS(=O)(=O)O)[C@@H](O)[C@@H]1O. The normalized spacial score (nSPS) is 46.1. The number of hydrogen-bond acceptors (Lipinski definition) is 22. The summed E-state index contributed by atoms with van der Waals surface area (Å²) in [5.74, 6) is -1.50. The van der Waals surface area contributed by atoms with Crippen LogP contribution in [0.1, 0.15) is 20.8 Å². The molecule has 0 aliphatic carbocycles. The summed E-state index contributed by atoms with van der Waals surface area (Å²) in [6.07, 6.45) is -31.9. The van der Waals surface area contributed by atoms with Crippen LogP contribution in [0.5, 0.6) is 0 Å².